The lowest BCUT2D eigenvalue weighted by Gasteiger charge is -2.28. The van der Waals surface area contributed by atoms with Crippen molar-refractivity contribution < 1.29 is 19.4 Å². The van der Waals surface area contributed by atoms with E-state index < -0.39 is 17.7 Å². The summed E-state index contributed by atoms with van der Waals surface area (Å²) in [6.07, 6.45) is 0.882. The predicted octanol–water partition coefficient (Wildman–Crippen LogP) is 5.06. The van der Waals surface area contributed by atoms with Crippen LogP contribution in [0, 0.1) is 0 Å². The highest BCUT2D eigenvalue weighted by molar-refractivity contribution is 6.46. The molecule has 1 aliphatic rings. The number of halogens is 1. The van der Waals surface area contributed by atoms with Crippen LogP contribution in [0.2, 0.25) is 5.02 Å². The van der Waals surface area contributed by atoms with Crippen LogP contribution < -0.4 is 4.74 Å². The normalized spacial score (nSPS) is 17.6. The summed E-state index contributed by atoms with van der Waals surface area (Å²) in [6, 6.07) is 12.0. The van der Waals surface area contributed by atoms with Gasteiger partial charge in [-0.15, -0.1) is 0 Å². The number of likely N-dealkylation sites (tertiary alicyclic amines) is 1. The monoisotopic (exact) mass is 484 g/mol. The summed E-state index contributed by atoms with van der Waals surface area (Å²) in [5, 5.41) is 11.6. The molecular formula is C27H33ClN2O4. The van der Waals surface area contributed by atoms with Gasteiger partial charge < -0.3 is 19.6 Å². The van der Waals surface area contributed by atoms with Crippen LogP contribution in [0.25, 0.3) is 5.76 Å². The minimum Gasteiger partial charge on any atom is -0.507 e. The van der Waals surface area contributed by atoms with Crippen LogP contribution in [0.1, 0.15) is 50.4 Å². The van der Waals surface area contributed by atoms with E-state index in [1.165, 1.54) is 0 Å². The highest BCUT2D eigenvalue weighted by Crippen LogP contribution is 2.40. The third-order valence-electron chi connectivity index (χ3n) is 6.30. The maximum atomic E-state index is 13.2. The van der Waals surface area contributed by atoms with Crippen molar-refractivity contribution in [2.75, 3.05) is 32.8 Å². The molecule has 1 N–H and O–H groups in total. The van der Waals surface area contributed by atoms with E-state index in [9.17, 15) is 14.7 Å². The van der Waals surface area contributed by atoms with E-state index in [1.807, 2.05) is 31.2 Å². The van der Waals surface area contributed by atoms with Gasteiger partial charge >= 0.3 is 0 Å². The fraction of sp³-hybridized carbons (Fsp3) is 0.407. The third kappa shape index (κ3) is 5.29. The highest BCUT2D eigenvalue weighted by Gasteiger charge is 2.46. The number of amides is 1. The highest BCUT2D eigenvalue weighted by atomic mass is 35.5. The van der Waals surface area contributed by atoms with Crippen molar-refractivity contribution in [3.63, 3.8) is 0 Å². The van der Waals surface area contributed by atoms with Crippen molar-refractivity contribution in [1.82, 2.24) is 9.80 Å². The molecule has 3 rings (SSSR count). The molecule has 1 amide bonds. The quantitative estimate of drug-likeness (QED) is 0.290. The molecule has 7 heteroatoms. The van der Waals surface area contributed by atoms with Gasteiger partial charge in [-0.3, -0.25) is 9.59 Å². The third-order valence-corrected chi connectivity index (χ3v) is 6.60. The molecule has 1 unspecified atom stereocenters. The van der Waals surface area contributed by atoms with Crippen molar-refractivity contribution in [1.29, 1.82) is 0 Å². The fourth-order valence-electron chi connectivity index (χ4n) is 4.26. The maximum absolute atomic E-state index is 13.2. The number of hydrogen-bond acceptors (Lipinski definition) is 5. The second-order valence-electron chi connectivity index (χ2n) is 8.19. The minimum absolute atomic E-state index is 0.0778. The Morgan fingerprint density at radius 1 is 1.06 bits per heavy atom. The Kier molecular flexibility index (Phi) is 8.75. The first kappa shape index (κ1) is 25.8. The van der Waals surface area contributed by atoms with Crippen LogP contribution in [-0.4, -0.2) is 59.4 Å². The standard InChI is InChI=1S/C27H33ClN2O4/c1-5-18-9-11-19(12-10-18)24-23(25(31)20-13-14-22(34-8-4)21(28)17-20)26(32)27(33)30(24)16-15-29(6-2)7-3/h9-14,17,24,31H,5-8,15-16H2,1-4H3. The number of benzene rings is 2. The molecule has 6 nitrogen and oxygen atoms in total. The van der Waals surface area contributed by atoms with Gasteiger partial charge in [0, 0.05) is 18.7 Å². The van der Waals surface area contributed by atoms with Gasteiger partial charge in [-0.05, 0) is 55.8 Å². The number of rotatable bonds is 10. The number of likely N-dealkylation sites (N-methyl/N-ethyl adjacent to an activating group) is 1. The first-order chi connectivity index (χ1) is 16.4. The van der Waals surface area contributed by atoms with Crippen LogP contribution in [-0.2, 0) is 16.0 Å². The van der Waals surface area contributed by atoms with Crippen molar-refractivity contribution in [2.24, 2.45) is 0 Å². The van der Waals surface area contributed by atoms with E-state index in [0.29, 0.717) is 36.0 Å². The van der Waals surface area contributed by atoms with Crippen LogP contribution in [0.15, 0.2) is 48.0 Å². The molecule has 2 aromatic rings. The summed E-state index contributed by atoms with van der Waals surface area (Å²) in [6.45, 7) is 11.2. The molecule has 1 fully saturated rings. The average molecular weight is 485 g/mol. The molecule has 1 atom stereocenters. The summed E-state index contributed by atoms with van der Waals surface area (Å²) < 4.78 is 5.48. The van der Waals surface area contributed by atoms with E-state index in [4.69, 9.17) is 16.3 Å². The van der Waals surface area contributed by atoms with Gasteiger partial charge in [0.25, 0.3) is 11.7 Å². The Bertz CT molecular complexity index is 1060. The molecule has 0 aromatic heterocycles. The molecule has 34 heavy (non-hydrogen) atoms. The number of hydrogen-bond donors (Lipinski definition) is 1. The Balaban J connectivity index is 2.09. The number of Topliss-reactive ketones (excluding diaryl/α,β-unsaturated/α-hetero) is 1. The zero-order valence-corrected chi connectivity index (χ0v) is 21.1. The number of aryl methyl sites for hydroxylation is 1. The van der Waals surface area contributed by atoms with Gasteiger partial charge in [0.1, 0.15) is 11.5 Å². The molecule has 0 radical (unpaired) electrons. The second-order valence-corrected chi connectivity index (χ2v) is 8.60. The fourth-order valence-corrected chi connectivity index (χ4v) is 4.49. The smallest absolute Gasteiger partial charge is 0.295 e. The summed E-state index contributed by atoms with van der Waals surface area (Å²) in [4.78, 5) is 30.1. The number of ether oxygens (including phenoxy) is 1. The molecule has 2 aromatic carbocycles. The minimum atomic E-state index is -0.688. The van der Waals surface area contributed by atoms with Gasteiger partial charge in [0.15, 0.2) is 0 Å². The first-order valence-corrected chi connectivity index (χ1v) is 12.3. The number of ketones is 1. The lowest BCUT2D eigenvalue weighted by atomic mass is 9.94. The molecule has 0 spiro atoms. The summed E-state index contributed by atoms with van der Waals surface area (Å²) >= 11 is 6.33. The maximum Gasteiger partial charge on any atom is 0.295 e. The summed E-state index contributed by atoms with van der Waals surface area (Å²) in [5.74, 6) is -1.03. The van der Waals surface area contributed by atoms with Crippen LogP contribution >= 0.6 is 11.6 Å². The van der Waals surface area contributed by atoms with Gasteiger partial charge in [-0.25, -0.2) is 0 Å². The number of carbonyl (C=O) groups excluding carboxylic acids is 2. The average Bonchev–Trinajstić information content (AvgIpc) is 3.10. The molecule has 1 saturated heterocycles. The SMILES string of the molecule is CCOc1ccc(C(O)=C2C(=O)C(=O)N(CCN(CC)CC)C2c2ccc(CC)cc2)cc1Cl. The zero-order chi connectivity index (χ0) is 24.8. The largest absolute Gasteiger partial charge is 0.507 e. The van der Waals surface area contributed by atoms with Gasteiger partial charge in [0.2, 0.25) is 0 Å². The van der Waals surface area contributed by atoms with Crippen LogP contribution in [0.5, 0.6) is 5.75 Å². The van der Waals surface area contributed by atoms with Crippen LogP contribution in [0.4, 0.5) is 0 Å². The lowest BCUT2D eigenvalue weighted by Crippen LogP contribution is -2.38. The Labute approximate surface area is 206 Å². The number of aliphatic hydroxyl groups excluding tert-OH is 1. The van der Waals surface area contributed by atoms with Gasteiger partial charge in [0.05, 0.1) is 23.2 Å². The van der Waals surface area contributed by atoms with E-state index in [-0.39, 0.29) is 11.3 Å². The Morgan fingerprint density at radius 2 is 1.74 bits per heavy atom. The summed E-state index contributed by atoms with van der Waals surface area (Å²) in [7, 11) is 0. The van der Waals surface area contributed by atoms with Gasteiger partial charge in [-0.2, -0.15) is 0 Å². The van der Waals surface area contributed by atoms with E-state index >= 15 is 0 Å². The molecule has 0 saturated carbocycles. The van der Waals surface area contributed by atoms with Gasteiger partial charge in [-0.1, -0.05) is 56.6 Å². The Morgan fingerprint density at radius 3 is 2.29 bits per heavy atom. The molecule has 1 heterocycles. The van der Waals surface area contributed by atoms with Crippen molar-refractivity contribution in [2.45, 2.75) is 40.2 Å². The van der Waals surface area contributed by atoms with E-state index in [2.05, 4.69) is 25.7 Å². The van der Waals surface area contributed by atoms with E-state index in [1.54, 1.807) is 23.1 Å². The molecule has 0 aliphatic carbocycles. The Hall–Kier alpha value is -2.83. The molecule has 182 valence electrons. The molecular weight excluding hydrogens is 452 g/mol. The van der Waals surface area contributed by atoms with Crippen molar-refractivity contribution in [3.8, 4) is 5.75 Å². The van der Waals surface area contributed by atoms with Crippen LogP contribution in [0.3, 0.4) is 0 Å². The molecule has 0 bridgehead atoms. The zero-order valence-electron chi connectivity index (χ0n) is 20.3. The van der Waals surface area contributed by atoms with Crippen molar-refractivity contribution >= 4 is 29.1 Å². The number of carbonyl (C=O) groups is 2. The first-order valence-electron chi connectivity index (χ1n) is 11.9. The second kappa shape index (κ2) is 11.5. The number of nitrogens with zero attached hydrogens (tertiary/aromatic N) is 2. The topological polar surface area (TPSA) is 70.1 Å². The number of aliphatic hydroxyl groups is 1. The predicted molar refractivity (Wildman–Crippen MR) is 135 cm³/mol. The molecule has 1 aliphatic heterocycles. The van der Waals surface area contributed by atoms with E-state index in [0.717, 1.165) is 30.6 Å². The lowest BCUT2D eigenvalue weighted by molar-refractivity contribution is -0.140. The summed E-state index contributed by atoms with van der Waals surface area (Å²) in [5.41, 5.74) is 2.39. The van der Waals surface area contributed by atoms with Crippen molar-refractivity contribution in [3.05, 3.63) is 69.8 Å².